The smallest absolute Gasteiger partial charge is 0.164 e. The molecule has 18 heavy (non-hydrogen) atoms. The van der Waals surface area contributed by atoms with E-state index in [4.69, 9.17) is 0 Å². The van der Waals surface area contributed by atoms with Crippen LogP contribution in [0.25, 0.3) is 0 Å². The van der Waals surface area contributed by atoms with E-state index in [9.17, 15) is 4.79 Å². The van der Waals surface area contributed by atoms with E-state index >= 15 is 0 Å². The highest BCUT2D eigenvalue weighted by atomic mass is 32.1. The fourth-order valence-electron chi connectivity index (χ4n) is 2.78. The molecule has 2 aromatic heterocycles. The molecule has 2 aromatic rings. The van der Waals surface area contributed by atoms with Gasteiger partial charge in [0.1, 0.15) is 0 Å². The minimum atomic E-state index is 0.327. The molecule has 0 aliphatic heterocycles. The van der Waals surface area contributed by atoms with Crippen molar-refractivity contribution in [2.75, 3.05) is 0 Å². The number of carbonyl (C=O) groups excluding carboxylic acids is 1. The number of rotatable bonds is 3. The van der Waals surface area contributed by atoms with Crippen molar-refractivity contribution in [1.29, 1.82) is 0 Å². The standard InChI is InChI=1S/C15H17NOS/c1-11-9-13-14(3-2-4-15(13)17)16(11)7-5-12-6-8-18-10-12/h6,8-10H,2-5,7H2,1H3. The maximum atomic E-state index is 11.9. The largest absolute Gasteiger partial charge is 0.348 e. The van der Waals surface area contributed by atoms with Crippen LogP contribution in [0, 0.1) is 6.92 Å². The summed E-state index contributed by atoms with van der Waals surface area (Å²) in [6.07, 6.45) is 3.84. The van der Waals surface area contributed by atoms with Crippen LogP contribution in [0.2, 0.25) is 0 Å². The Bertz CT molecular complexity index is 566. The van der Waals surface area contributed by atoms with Crippen molar-refractivity contribution >= 4 is 17.1 Å². The normalized spacial score (nSPS) is 14.8. The van der Waals surface area contributed by atoms with Gasteiger partial charge in [0.05, 0.1) is 0 Å². The van der Waals surface area contributed by atoms with Crippen molar-refractivity contribution in [2.24, 2.45) is 0 Å². The summed E-state index contributed by atoms with van der Waals surface area (Å²) >= 11 is 1.75. The van der Waals surface area contributed by atoms with E-state index in [0.717, 1.165) is 37.8 Å². The topological polar surface area (TPSA) is 22.0 Å². The predicted octanol–water partition coefficient (Wildman–Crippen LogP) is 3.62. The van der Waals surface area contributed by atoms with E-state index in [1.54, 1.807) is 11.3 Å². The third-order valence-corrected chi connectivity index (χ3v) is 4.47. The van der Waals surface area contributed by atoms with Crippen LogP contribution in [0.3, 0.4) is 0 Å². The van der Waals surface area contributed by atoms with Crippen LogP contribution in [0.15, 0.2) is 22.9 Å². The molecule has 2 nitrogen and oxygen atoms in total. The van der Waals surface area contributed by atoms with Crippen LogP contribution in [0.4, 0.5) is 0 Å². The highest BCUT2D eigenvalue weighted by Gasteiger charge is 2.22. The lowest BCUT2D eigenvalue weighted by Gasteiger charge is -2.15. The lowest BCUT2D eigenvalue weighted by Crippen LogP contribution is -2.14. The fourth-order valence-corrected chi connectivity index (χ4v) is 3.48. The van der Waals surface area contributed by atoms with Crippen LogP contribution >= 0.6 is 11.3 Å². The maximum absolute atomic E-state index is 11.9. The Hall–Kier alpha value is -1.35. The van der Waals surface area contributed by atoms with Crippen LogP contribution in [0.5, 0.6) is 0 Å². The minimum absolute atomic E-state index is 0.327. The Morgan fingerprint density at radius 1 is 1.39 bits per heavy atom. The maximum Gasteiger partial charge on any atom is 0.164 e. The number of thiophene rings is 1. The molecule has 0 bridgehead atoms. The summed E-state index contributed by atoms with van der Waals surface area (Å²) in [4.78, 5) is 11.9. The Balaban J connectivity index is 1.85. The predicted molar refractivity (Wildman–Crippen MR) is 74.5 cm³/mol. The monoisotopic (exact) mass is 259 g/mol. The molecular formula is C15H17NOS. The van der Waals surface area contributed by atoms with Crippen molar-refractivity contribution in [3.05, 3.63) is 45.4 Å². The second-order valence-electron chi connectivity index (χ2n) is 4.96. The summed E-state index contributed by atoms with van der Waals surface area (Å²) < 4.78 is 2.34. The van der Waals surface area contributed by atoms with Gasteiger partial charge >= 0.3 is 0 Å². The van der Waals surface area contributed by atoms with E-state index in [-0.39, 0.29) is 0 Å². The van der Waals surface area contributed by atoms with E-state index in [1.807, 2.05) is 0 Å². The first kappa shape index (κ1) is 11.7. The summed E-state index contributed by atoms with van der Waals surface area (Å²) in [5, 5.41) is 4.33. The van der Waals surface area contributed by atoms with Gasteiger partial charge in [0, 0.05) is 29.9 Å². The average Bonchev–Trinajstić information content (AvgIpc) is 2.95. The van der Waals surface area contributed by atoms with Crippen molar-refractivity contribution in [3.8, 4) is 0 Å². The van der Waals surface area contributed by atoms with Gasteiger partial charge < -0.3 is 4.57 Å². The zero-order valence-electron chi connectivity index (χ0n) is 10.6. The summed E-state index contributed by atoms with van der Waals surface area (Å²) in [5.74, 6) is 0.327. The molecular weight excluding hydrogens is 242 g/mol. The van der Waals surface area contributed by atoms with Crippen LogP contribution in [0.1, 0.15) is 40.2 Å². The fraction of sp³-hybridized carbons (Fsp3) is 0.400. The number of Topliss-reactive ketones (excluding diaryl/α,β-unsaturated/α-hetero) is 1. The zero-order valence-corrected chi connectivity index (χ0v) is 11.4. The van der Waals surface area contributed by atoms with Gasteiger partial charge in [0.15, 0.2) is 5.78 Å². The number of nitrogens with zero attached hydrogens (tertiary/aromatic N) is 1. The van der Waals surface area contributed by atoms with Gasteiger partial charge in [0.25, 0.3) is 0 Å². The molecule has 0 fully saturated rings. The highest BCUT2D eigenvalue weighted by Crippen LogP contribution is 2.25. The minimum Gasteiger partial charge on any atom is -0.348 e. The average molecular weight is 259 g/mol. The van der Waals surface area contributed by atoms with Gasteiger partial charge in [-0.1, -0.05) is 0 Å². The molecule has 0 unspecified atom stereocenters. The number of fused-ring (bicyclic) bond motifs is 1. The van der Waals surface area contributed by atoms with Crippen LogP contribution < -0.4 is 0 Å². The molecule has 0 saturated heterocycles. The summed E-state index contributed by atoms with van der Waals surface area (Å²) in [5.41, 5.74) is 4.86. The first-order valence-electron chi connectivity index (χ1n) is 6.49. The summed E-state index contributed by atoms with van der Waals surface area (Å²) in [6, 6.07) is 4.26. The number of aromatic nitrogens is 1. The molecule has 2 heterocycles. The van der Waals surface area contributed by atoms with Crippen LogP contribution in [-0.4, -0.2) is 10.4 Å². The molecule has 0 N–H and O–H groups in total. The third-order valence-electron chi connectivity index (χ3n) is 3.74. The van der Waals surface area contributed by atoms with Gasteiger partial charge in [-0.25, -0.2) is 0 Å². The summed E-state index contributed by atoms with van der Waals surface area (Å²) in [6.45, 7) is 3.10. The molecule has 0 aromatic carbocycles. The highest BCUT2D eigenvalue weighted by molar-refractivity contribution is 7.07. The Morgan fingerprint density at radius 3 is 3.06 bits per heavy atom. The number of hydrogen-bond donors (Lipinski definition) is 0. The second kappa shape index (κ2) is 4.73. The van der Waals surface area contributed by atoms with E-state index in [0.29, 0.717) is 5.78 Å². The van der Waals surface area contributed by atoms with Crippen molar-refractivity contribution in [1.82, 2.24) is 4.57 Å². The van der Waals surface area contributed by atoms with E-state index in [2.05, 4.69) is 34.4 Å². The number of hydrogen-bond acceptors (Lipinski definition) is 2. The molecule has 0 radical (unpaired) electrons. The number of aryl methyl sites for hydroxylation is 2. The first-order chi connectivity index (χ1) is 8.75. The number of ketones is 1. The Morgan fingerprint density at radius 2 is 2.28 bits per heavy atom. The van der Waals surface area contributed by atoms with Crippen molar-refractivity contribution in [2.45, 2.75) is 39.2 Å². The van der Waals surface area contributed by atoms with Gasteiger partial charge in [-0.05, 0) is 54.6 Å². The van der Waals surface area contributed by atoms with E-state index < -0.39 is 0 Å². The van der Waals surface area contributed by atoms with E-state index in [1.165, 1.54) is 17.0 Å². The van der Waals surface area contributed by atoms with Gasteiger partial charge in [-0.15, -0.1) is 0 Å². The van der Waals surface area contributed by atoms with Crippen molar-refractivity contribution < 1.29 is 4.79 Å². The van der Waals surface area contributed by atoms with Crippen molar-refractivity contribution in [3.63, 3.8) is 0 Å². The Kier molecular flexibility index (Phi) is 3.08. The SMILES string of the molecule is Cc1cc2c(n1CCc1ccsc1)CCCC2=O. The number of carbonyl (C=O) groups is 1. The summed E-state index contributed by atoms with van der Waals surface area (Å²) in [7, 11) is 0. The van der Waals surface area contributed by atoms with Gasteiger partial charge in [-0.3, -0.25) is 4.79 Å². The molecule has 0 atom stereocenters. The Labute approximate surface area is 111 Å². The molecule has 94 valence electrons. The lowest BCUT2D eigenvalue weighted by molar-refractivity contribution is 0.0972. The zero-order chi connectivity index (χ0) is 12.5. The third kappa shape index (κ3) is 2.03. The van der Waals surface area contributed by atoms with Crippen LogP contribution in [-0.2, 0) is 19.4 Å². The molecule has 3 rings (SSSR count). The molecule has 1 aliphatic carbocycles. The lowest BCUT2D eigenvalue weighted by atomic mass is 9.96. The molecule has 0 saturated carbocycles. The van der Waals surface area contributed by atoms with Gasteiger partial charge in [0.2, 0.25) is 0 Å². The van der Waals surface area contributed by atoms with Gasteiger partial charge in [-0.2, -0.15) is 11.3 Å². The molecule has 0 spiro atoms. The molecule has 0 amide bonds. The molecule has 3 heteroatoms. The first-order valence-corrected chi connectivity index (χ1v) is 7.43. The molecule has 1 aliphatic rings. The quantitative estimate of drug-likeness (QED) is 0.825. The second-order valence-corrected chi connectivity index (χ2v) is 5.74.